The Kier molecular flexibility index (Phi) is 5.20. The monoisotopic (exact) mass is 397 g/mol. The summed E-state index contributed by atoms with van der Waals surface area (Å²) in [4.78, 5) is 12.0. The van der Waals surface area contributed by atoms with Gasteiger partial charge in [-0.3, -0.25) is 0 Å². The quantitative estimate of drug-likeness (QED) is 0.768. The molecule has 0 aliphatic heterocycles. The van der Waals surface area contributed by atoms with Crippen molar-refractivity contribution in [3.63, 3.8) is 0 Å². The summed E-state index contributed by atoms with van der Waals surface area (Å²) in [5.41, 5.74) is 1.68. The summed E-state index contributed by atoms with van der Waals surface area (Å²) in [6.07, 6.45) is 0. The van der Waals surface area contributed by atoms with Gasteiger partial charge in [0.2, 0.25) is 0 Å². The lowest BCUT2D eigenvalue weighted by Gasteiger charge is -2.18. The van der Waals surface area contributed by atoms with Crippen LogP contribution in [0.15, 0.2) is 57.5 Å². The van der Waals surface area contributed by atoms with Crippen LogP contribution in [0.2, 0.25) is 0 Å². The fraction of sp³-hybridized carbons (Fsp3) is 0.133. The van der Waals surface area contributed by atoms with Gasteiger partial charge in [0, 0.05) is 14.6 Å². The van der Waals surface area contributed by atoms with Gasteiger partial charge in [-0.05, 0) is 35.9 Å². The standard InChI is InChI=1S/C15H13Br2NO2/c1-20-15(19)14(10-4-2-5-11(16)8-10)18-13-7-3-6-12(17)9-13/h2-9,14,18H,1H3. The minimum Gasteiger partial charge on any atom is -0.467 e. The summed E-state index contributed by atoms with van der Waals surface area (Å²) < 4.78 is 6.74. The number of hydrogen-bond donors (Lipinski definition) is 1. The first-order chi connectivity index (χ1) is 9.60. The Hall–Kier alpha value is -1.33. The number of hydrogen-bond acceptors (Lipinski definition) is 3. The van der Waals surface area contributed by atoms with E-state index < -0.39 is 6.04 Å². The van der Waals surface area contributed by atoms with Crippen LogP contribution >= 0.6 is 31.9 Å². The van der Waals surface area contributed by atoms with Gasteiger partial charge in [-0.15, -0.1) is 0 Å². The van der Waals surface area contributed by atoms with Crippen LogP contribution in [0.3, 0.4) is 0 Å². The molecule has 2 aromatic carbocycles. The van der Waals surface area contributed by atoms with E-state index in [1.165, 1.54) is 7.11 Å². The molecule has 1 atom stereocenters. The van der Waals surface area contributed by atoms with Crippen molar-refractivity contribution in [2.24, 2.45) is 0 Å². The molecule has 2 aromatic rings. The molecule has 0 bridgehead atoms. The Bertz CT molecular complexity index is 616. The smallest absolute Gasteiger partial charge is 0.332 e. The van der Waals surface area contributed by atoms with Crippen molar-refractivity contribution in [2.45, 2.75) is 6.04 Å². The molecular formula is C15H13Br2NO2. The third-order valence-corrected chi connectivity index (χ3v) is 3.74. The molecule has 0 saturated carbocycles. The maximum Gasteiger partial charge on any atom is 0.332 e. The summed E-state index contributed by atoms with van der Waals surface area (Å²) in [6, 6.07) is 14.7. The zero-order chi connectivity index (χ0) is 14.5. The van der Waals surface area contributed by atoms with Gasteiger partial charge >= 0.3 is 5.97 Å². The number of methoxy groups -OCH3 is 1. The van der Waals surface area contributed by atoms with Crippen molar-refractivity contribution < 1.29 is 9.53 Å². The fourth-order valence-electron chi connectivity index (χ4n) is 1.83. The Balaban J connectivity index is 2.31. The number of rotatable bonds is 4. The molecule has 0 heterocycles. The molecule has 0 aromatic heterocycles. The molecule has 20 heavy (non-hydrogen) atoms. The SMILES string of the molecule is COC(=O)C(Nc1cccc(Br)c1)c1cccc(Br)c1. The van der Waals surface area contributed by atoms with E-state index in [4.69, 9.17) is 4.74 Å². The molecule has 2 rings (SSSR count). The zero-order valence-corrected chi connectivity index (χ0v) is 13.9. The number of carbonyl (C=O) groups is 1. The molecule has 0 amide bonds. The number of ether oxygens (including phenoxy) is 1. The van der Waals surface area contributed by atoms with Crippen LogP contribution in [0.5, 0.6) is 0 Å². The number of esters is 1. The topological polar surface area (TPSA) is 38.3 Å². The molecule has 104 valence electrons. The maximum atomic E-state index is 12.0. The fourth-order valence-corrected chi connectivity index (χ4v) is 2.64. The van der Waals surface area contributed by atoms with Gasteiger partial charge in [-0.2, -0.15) is 0 Å². The van der Waals surface area contributed by atoms with Crippen molar-refractivity contribution in [1.82, 2.24) is 0 Å². The minimum absolute atomic E-state index is 0.330. The minimum atomic E-state index is -0.549. The normalized spacial score (nSPS) is 11.8. The van der Waals surface area contributed by atoms with Gasteiger partial charge in [-0.25, -0.2) is 4.79 Å². The average molecular weight is 399 g/mol. The molecule has 1 N–H and O–H groups in total. The van der Waals surface area contributed by atoms with Crippen LogP contribution in [0.1, 0.15) is 11.6 Å². The van der Waals surface area contributed by atoms with Gasteiger partial charge in [0.15, 0.2) is 6.04 Å². The predicted octanol–water partition coefficient (Wildman–Crippen LogP) is 4.54. The number of anilines is 1. The van der Waals surface area contributed by atoms with E-state index >= 15 is 0 Å². The van der Waals surface area contributed by atoms with E-state index in [2.05, 4.69) is 37.2 Å². The van der Waals surface area contributed by atoms with Gasteiger partial charge in [-0.1, -0.05) is 50.1 Å². The second kappa shape index (κ2) is 6.90. The number of halogens is 2. The highest BCUT2D eigenvalue weighted by atomic mass is 79.9. The molecule has 0 aliphatic rings. The first-order valence-electron chi connectivity index (χ1n) is 5.95. The molecule has 3 nitrogen and oxygen atoms in total. The summed E-state index contributed by atoms with van der Waals surface area (Å²) in [6.45, 7) is 0. The lowest BCUT2D eigenvalue weighted by atomic mass is 10.1. The molecule has 1 unspecified atom stereocenters. The van der Waals surface area contributed by atoms with Crippen molar-refractivity contribution in [3.8, 4) is 0 Å². The van der Waals surface area contributed by atoms with Crippen molar-refractivity contribution in [1.29, 1.82) is 0 Å². The summed E-state index contributed by atoms with van der Waals surface area (Å²) >= 11 is 6.82. The average Bonchev–Trinajstić information content (AvgIpc) is 2.44. The van der Waals surface area contributed by atoms with Crippen molar-refractivity contribution in [3.05, 3.63) is 63.0 Å². The molecule has 0 fully saturated rings. The molecule has 0 spiro atoms. The highest BCUT2D eigenvalue weighted by Crippen LogP contribution is 2.25. The van der Waals surface area contributed by atoms with Gasteiger partial charge in [0.05, 0.1) is 7.11 Å². The number of nitrogens with one attached hydrogen (secondary N) is 1. The molecule has 5 heteroatoms. The van der Waals surface area contributed by atoms with Crippen LogP contribution < -0.4 is 5.32 Å². The molecule has 0 aliphatic carbocycles. The van der Waals surface area contributed by atoms with Crippen LogP contribution in [-0.4, -0.2) is 13.1 Å². The lowest BCUT2D eigenvalue weighted by Crippen LogP contribution is -2.22. The van der Waals surface area contributed by atoms with Gasteiger partial charge < -0.3 is 10.1 Å². The Morgan fingerprint density at radius 1 is 1.10 bits per heavy atom. The van der Waals surface area contributed by atoms with E-state index in [1.807, 2.05) is 48.5 Å². The van der Waals surface area contributed by atoms with Crippen molar-refractivity contribution >= 4 is 43.5 Å². The molecule has 0 radical (unpaired) electrons. The molecule has 0 saturated heterocycles. The van der Waals surface area contributed by atoms with E-state index in [1.54, 1.807) is 0 Å². The Morgan fingerprint density at radius 3 is 2.35 bits per heavy atom. The van der Waals surface area contributed by atoms with Crippen LogP contribution in [0, 0.1) is 0 Å². The van der Waals surface area contributed by atoms with Gasteiger partial charge in [0.25, 0.3) is 0 Å². The first-order valence-corrected chi connectivity index (χ1v) is 7.54. The highest BCUT2D eigenvalue weighted by molar-refractivity contribution is 9.10. The third kappa shape index (κ3) is 3.84. The summed E-state index contributed by atoms with van der Waals surface area (Å²) in [7, 11) is 1.38. The lowest BCUT2D eigenvalue weighted by molar-refractivity contribution is -0.141. The highest BCUT2D eigenvalue weighted by Gasteiger charge is 2.21. The molecular weight excluding hydrogens is 386 g/mol. The first kappa shape index (κ1) is 15.1. The zero-order valence-electron chi connectivity index (χ0n) is 10.8. The largest absolute Gasteiger partial charge is 0.467 e. The van der Waals surface area contributed by atoms with E-state index in [-0.39, 0.29) is 5.97 Å². The van der Waals surface area contributed by atoms with E-state index in [9.17, 15) is 4.79 Å². The Labute approximate surface area is 134 Å². The maximum absolute atomic E-state index is 12.0. The summed E-state index contributed by atoms with van der Waals surface area (Å²) in [5, 5.41) is 3.19. The van der Waals surface area contributed by atoms with Crippen LogP contribution in [0.4, 0.5) is 5.69 Å². The van der Waals surface area contributed by atoms with Crippen molar-refractivity contribution in [2.75, 3.05) is 12.4 Å². The second-order valence-electron chi connectivity index (χ2n) is 4.17. The number of benzene rings is 2. The number of carbonyl (C=O) groups excluding carboxylic acids is 1. The Morgan fingerprint density at radius 2 is 1.75 bits per heavy atom. The third-order valence-electron chi connectivity index (χ3n) is 2.75. The van der Waals surface area contributed by atoms with Crippen LogP contribution in [-0.2, 0) is 9.53 Å². The van der Waals surface area contributed by atoms with E-state index in [0.717, 1.165) is 20.2 Å². The van der Waals surface area contributed by atoms with E-state index in [0.29, 0.717) is 0 Å². The second-order valence-corrected chi connectivity index (χ2v) is 6.00. The predicted molar refractivity (Wildman–Crippen MR) is 86.7 cm³/mol. The van der Waals surface area contributed by atoms with Crippen LogP contribution in [0.25, 0.3) is 0 Å². The summed E-state index contributed by atoms with van der Waals surface area (Å²) in [5.74, 6) is -0.330. The van der Waals surface area contributed by atoms with Gasteiger partial charge in [0.1, 0.15) is 0 Å².